The summed E-state index contributed by atoms with van der Waals surface area (Å²) in [6.45, 7) is 0. The molecule has 2 heteroatoms. The summed E-state index contributed by atoms with van der Waals surface area (Å²) in [4.78, 5) is 0. The van der Waals surface area contributed by atoms with E-state index in [1.807, 2.05) is 18.2 Å². The van der Waals surface area contributed by atoms with Crippen LogP contribution in [0.25, 0.3) is 0 Å². The molecule has 0 bridgehead atoms. The van der Waals surface area contributed by atoms with E-state index in [0.29, 0.717) is 12.0 Å². The first-order chi connectivity index (χ1) is 8.81. The van der Waals surface area contributed by atoms with Gasteiger partial charge in [0, 0.05) is 16.8 Å². The van der Waals surface area contributed by atoms with E-state index in [0.717, 1.165) is 5.02 Å². The molecule has 0 heterocycles. The monoisotopic (exact) mass is 257 g/mol. The van der Waals surface area contributed by atoms with Crippen LogP contribution in [-0.2, 0) is 0 Å². The van der Waals surface area contributed by atoms with Crippen molar-refractivity contribution in [3.8, 4) is 0 Å². The van der Waals surface area contributed by atoms with Crippen LogP contribution in [0, 0.1) is 0 Å². The lowest BCUT2D eigenvalue weighted by Crippen LogP contribution is -2.33. The molecule has 2 aromatic carbocycles. The molecule has 1 aliphatic rings. The van der Waals surface area contributed by atoms with Gasteiger partial charge in [0.2, 0.25) is 0 Å². The molecular formula is C16H16ClN. The Labute approximate surface area is 113 Å². The van der Waals surface area contributed by atoms with E-state index in [1.165, 1.54) is 24.1 Å². The fourth-order valence-electron chi connectivity index (χ4n) is 2.54. The largest absolute Gasteiger partial charge is 0.382 e. The minimum atomic E-state index is 0.594. The van der Waals surface area contributed by atoms with Crippen molar-refractivity contribution in [3.05, 3.63) is 65.2 Å². The molecule has 0 atom stereocenters. The van der Waals surface area contributed by atoms with Gasteiger partial charge in [0.25, 0.3) is 0 Å². The molecule has 0 aromatic heterocycles. The van der Waals surface area contributed by atoms with Gasteiger partial charge in [-0.15, -0.1) is 0 Å². The number of halogens is 1. The molecule has 0 unspecified atom stereocenters. The van der Waals surface area contributed by atoms with Crippen LogP contribution in [0.4, 0.5) is 5.69 Å². The molecule has 1 saturated carbocycles. The van der Waals surface area contributed by atoms with Gasteiger partial charge in [-0.25, -0.2) is 0 Å². The molecule has 18 heavy (non-hydrogen) atoms. The first-order valence-electron chi connectivity index (χ1n) is 6.38. The quantitative estimate of drug-likeness (QED) is 0.841. The summed E-state index contributed by atoms with van der Waals surface area (Å²) >= 11 is 6.02. The van der Waals surface area contributed by atoms with Gasteiger partial charge >= 0.3 is 0 Å². The number of benzene rings is 2. The molecule has 1 N–H and O–H groups in total. The zero-order valence-electron chi connectivity index (χ0n) is 10.1. The zero-order valence-corrected chi connectivity index (χ0v) is 10.9. The highest BCUT2D eigenvalue weighted by Crippen LogP contribution is 2.39. The van der Waals surface area contributed by atoms with Crippen molar-refractivity contribution < 1.29 is 0 Å². The maximum atomic E-state index is 6.02. The molecule has 0 saturated heterocycles. The van der Waals surface area contributed by atoms with E-state index in [4.69, 9.17) is 11.6 Å². The van der Waals surface area contributed by atoms with Gasteiger partial charge in [0.15, 0.2) is 0 Å². The molecule has 1 nitrogen and oxygen atoms in total. The van der Waals surface area contributed by atoms with Gasteiger partial charge in [0.05, 0.1) is 0 Å². The second-order valence-electron chi connectivity index (χ2n) is 4.93. The molecule has 0 amide bonds. The van der Waals surface area contributed by atoms with Crippen molar-refractivity contribution >= 4 is 17.3 Å². The van der Waals surface area contributed by atoms with Crippen LogP contribution in [0.15, 0.2) is 54.6 Å². The Bertz CT molecular complexity index is 518. The van der Waals surface area contributed by atoms with Crippen molar-refractivity contribution in [2.24, 2.45) is 0 Å². The molecule has 0 aliphatic heterocycles. The number of rotatable bonds is 3. The van der Waals surface area contributed by atoms with E-state index >= 15 is 0 Å². The third kappa shape index (κ3) is 2.51. The maximum absolute atomic E-state index is 6.02. The molecule has 0 spiro atoms. The molecule has 3 rings (SSSR count). The van der Waals surface area contributed by atoms with E-state index in [2.05, 4.69) is 41.7 Å². The van der Waals surface area contributed by atoms with E-state index < -0.39 is 0 Å². The highest BCUT2D eigenvalue weighted by atomic mass is 35.5. The van der Waals surface area contributed by atoms with Gasteiger partial charge in [-0.3, -0.25) is 0 Å². The van der Waals surface area contributed by atoms with E-state index in [-0.39, 0.29) is 0 Å². The maximum Gasteiger partial charge on any atom is 0.0408 e. The number of para-hydroxylation sites is 1. The first kappa shape index (κ1) is 11.6. The SMILES string of the molecule is Clc1cccc(C2CC(Nc3ccccc3)C2)c1. The topological polar surface area (TPSA) is 12.0 Å². The summed E-state index contributed by atoms with van der Waals surface area (Å²) in [6.07, 6.45) is 2.38. The van der Waals surface area contributed by atoms with Gasteiger partial charge < -0.3 is 5.32 Å². The molecule has 1 aliphatic carbocycles. The predicted octanol–water partition coefficient (Wildman–Crippen LogP) is 4.70. The fraction of sp³-hybridized carbons (Fsp3) is 0.250. The number of nitrogens with one attached hydrogen (secondary N) is 1. The second-order valence-corrected chi connectivity index (χ2v) is 5.37. The second kappa shape index (κ2) is 5.03. The van der Waals surface area contributed by atoms with Crippen LogP contribution in [-0.4, -0.2) is 6.04 Å². The van der Waals surface area contributed by atoms with Crippen molar-refractivity contribution in [2.75, 3.05) is 5.32 Å². The van der Waals surface area contributed by atoms with E-state index in [9.17, 15) is 0 Å². The summed E-state index contributed by atoms with van der Waals surface area (Å²) in [5.41, 5.74) is 2.58. The summed E-state index contributed by atoms with van der Waals surface area (Å²) < 4.78 is 0. The number of hydrogen-bond donors (Lipinski definition) is 1. The third-order valence-electron chi connectivity index (χ3n) is 3.60. The van der Waals surface area contributed by atoms with E-state index in [1.54, 1.807) is 0 Å². The van der Waals surface area contributed by atoms with Gasteiger partial charge in [-0.05, 0) is 48.6 Å². The zero-order chi connectivity index (χ0) is 12.4. The van der Waals surface area contributed by atoms with Crippen LogP contribution in [0.5, 0.6) is 0 Å². The van der Waals surface area contributed by atoms with Crippen molar-refractivity contribution in [1.29, 1.82) is 0 Å². The van der Waals surface area contributed by atoms with Crippen LogP contribution < -0.4 is 5.32 Å². The summed E-state index contributed by atoms with van der Waals surface area (Å²) in [5.74, 6) is 0.657. The van der Waals surface area contributed by atoms with Gasteiger partial charge in [-0.2, -0.15) is 0 Å². The minimum Gasteiger partial charge on any atom is -0.382 e. The van der Waals surface area contributed by atoms with Crippen LogP contribution in [0.1, 0.15) is 24.3 Å². The summed E-state index contributed by atoms with van der Waals surface area (Å²) in [6, 6.07) is 19.2. The third-order valence-corrected chi connectivity index (χ3v) is 3.84. The summed E-state index contributed by atoms with van der Waals surface area (Å²) in [5, 5.41) is 4.40. The van der Waals surface area contributed by atoms with Crippen molar-refractivity contribution in [2.45, 2.75) is 24.8 Å². The average molecular weight is 258 g/mol. The van der Waals surface area contributed by atoms with Gasteiger partial charge in [-0.1, -0.05) is 41.9 Å². The number of hydrogen-bond acceptors (Lipinski definition) is 1. The molecule has 0 radical (unpaired) electrons. The molecular weight excluding hydrogens is 242 g/mol. The Morgan fingerprint density at radius 1 is 0.944 bits per heavy atom. The Balaban J connectivity index is 1.57. The van der Waals surface area contributed by atoms with Crippen LogP contribution >= 0.6 is 11.6 Å². The lowest BCUT2D eigenvalue weighted by atomic mass is 9.76. The summed E-state index contributed by atoms with van der Waals surface area (Å²) in [7, 11) is 0. The predicted molar refractivity (Wildman–Crippen MR) is 77.3 cm³/mol. The van der Waals surface area contributed by atoms with Gasteiger partial charge in [0.1, 0.15) is 0 Å². The Hall–Kier alpha value is -1.47. The smallest absolute Gasteiger partial charge is 0.0408 e. The minimum absolute atomic E-state index is 0.594. The van der Waals surface area contributed by atoms with Crippen molar-refractivity contribution in [3.63, 3.8) is 0 Å². The standard InChI is InChI=1S/C16H16ClN/c17-14-6-4-5-12(9-14)13-10-16(11-13)18-15-7-2-1-3-8-15/h1-9,13,16,18H,10-11H2. The van der Waals surface area contributed by atoms with Crippen LogP contribution in [0.3, 0.4) is 0 Å². The highest BCUT2D eigenvalue weighted by Gasteiger charge is 2.30. The first-order valence-corrected chi connectivity index (χ1v) is 6.76. The molecule has 1 fully saturated rings. The number of anilines is 1. The van der Waals surface area contributed by atoms with Crippen LogP contribution in [0.2, 0.25) is 5.02 Å². The lowest BCUT2D eigenvalue weighted by Gasteiger charge is -2.37. The lowest BCUT2D eigenvalue weighted by molar-refractivity contribution is 0.374. The fourth-order valence-corrected chi connectivity index (χ4v) is 2.74. The Morgan fingerprint density at radius 3 is 2.44 bits per heavy atom. The average Bonchev–Trinajstić information content (AvgIpc) is 2.34. The molecule has 2 aromatic rings. The Morgan fingerprint density at radius 2 is 1.72 bits per heavy atom. The van der Waals surface area contributed by atoms with Crippen molar-refractivity contribution in [1.82, 2.24) is 0 Å². The highest BCUT2D eigenvalue weighted by molar-refractivity contribution is 6.30. The Kier molecular flexibility index (Phi) is 3.24. The normalized spacial score (nSPS) is 22.3. The molecule has 92 valence electrons.